The first-order valence-corrected chi connectivity index (χ1v) is 14.5. The fourth-order valence-corrected chi connectivity index (χ4v) is 5.29. The quantitative estimate of drug-likeness (QED) is 0.172. The number of hydrogen-bond donors (Lipinski definition) is 3. The van der Waals surface area contributed by atoms with Gasteiger partial charge in [-0.2, -0.15) is 0 Å². The van der Waals surface area contributed by atoms with Crippen molar-refractivity contribution in [2.24, 2.45) is 0 Å². The maximum absolute atomic E-state index is 14.1. The van der Waals surface area contributed by atoms with Gasteiger partial charge in [0.05, 0.1) is 7.11 Å². The van der Waals surface area contributed by atoms with Gasteiger partial charge >= 0.3 is 6.03 Å². The van der Waals surface area contributed by atoms with Crippen LogP contribution >= 0.6 is 0 Å². The van der Waals surface area contributed by atoms with E-state index < -0.39 is 6.03 Å². The minimum atomic E-state index is -0.502. The number of benzene rings is 2. The molecule has 3 N–H and O–H groups in total. The predicted octanol–water partition coefficient (Wildman–Crippen LogP) is 7.13. The van der Waals surface area contributed by atoms with E-state index in [-0.39, 0.29) is 16.7 Å². The molecule has 5 aromatic rings. The third-order valence-corrected chi connectivity index (χ3v) is 7.44. The zero-order chi connectivity index (χ0) is 30.6. The molecule has 0 saturated carbocycles. The molecule has 0 atom stereocenters. The first-order valence-electron chi connectivity index (χ1n) is 14.5. The zero-order valence-corrected chi connectivity index (χ0v) is 25.3. The standard InChI is InChI=1S/C34H38N6O3/c1-6-7-19-40-31-25(9-8-16-37-31)29(23-11-13-24(43-5)14-12-23)30(32(40)41)39-33(42)38-27-20-22(21-28-35-17-18-36-28)10-15-26(27)34(2,3)4/h8-18,20H,6-7,19,21H2,1-5H3,(H,35,36)(H2,38,39,42). The number of aromatic nitrogens is 4. The number of H-pyrrole nitrogens is 1. The lowest BCUT2D eigenvalue weighted by Crippen LogP contribution is -2.30. The number of amides is 2. The number of aryl methyl sites for hydroxylation is 1. The fourth-order valence-electron chi connectivity index (χ4n) is 5.29. The molecule has 0 saturated heterocycles. The number of fused-ring (bicyclic) bond motifs is 1. The number of hydrogen-bond acceptors (Lipinski definition) is 5. The van der Waals surface area contributed by atoms with Gasteiger partial charge in [0.1, 0.15) is 22.9 Å². The number of methoxy groups -OCH3 is 1. The van der Waals surface area contributed by atoms with E-state index in [0.29, 0.717) is 35.6 Å². The van der Waals surface area contributed by atoms with Crippen LogP contribution in [0.25, 0.3) is 22.2 Å². The third-order valence-electron chi connectivity index (χ3n) is 7.44. The maximum Gasteiger partial charge on any atom is 0.323 e. The second-order valence-electron chi connectivity index (χ2n) is 11.6. The van der Waals surface area contributed by atoms with Crippen LogP contribution in [0.2, 0.25) is 0 Å². The molecule has 222 valence electrons. The number of carbonyl (C=O) groups is 1. The molecule has 43 heavy (non-hydrogen) atoms. The Morgan fingerprint density at radius 2 is 1.81 bits per heavy atom. The predicted molar refractivity (Wildman–Crippen MR) is 172 cm³/mol. The molecule has 0 radical (unpaired) electrons. The molecular formula is C34H38N6O3. The van der Waals surface area contributed by atoms with Crippen molar-refractivity contribution in [2.45, 2.75) is 58.9 Å². The number of carbonyl (C=O) groups excluding carboxylic acids is 1. The van der Waals surface area contributed by atoms with Crippen molar-refractivity contribution in [3.63, 3.8) is 0 Å². The van der Waals surface area contributed by atoms with Crippen molar-refractivity contribution < 1.29 is 9.53 Å². The summed E-state index contributed by atoms with van der Waals surface area (Å²) in [5.41, 5.74) is 4.27. The van der Waals surface area contributed by atoms with E-state index in [2.05, 4.69) is 59.3 Å². The highest BCUT2D eigenvalue weighted by Gasteiger charge is 2.23. The average molecular weight is 579 g/mol. The lowest BCUT2D eigenvalue weighted by Gasteiger charge is -2.24. The SMILES string of the molecule is CCCCn1c(=O)c(NC(=O)Nc2cc(Cc3ncc[nH]3)ccc2C(C)(C)C)c(-c2ccc(OC)cc2)c2cccnc21. The highest BCUT2D eigenvalue weighted by Crippen LogP contribution is 2.35. The zero-order valence-electron chi connectivity index (χ0n) is 25.3. The van der Waals surface area contributed by atoms with Crippen molar-refractivity contribution in [3.8, 4) is 16.9 Å². The van der Waals surface area contributed by atoms with Crippen LogP contribution in [0.4, 0.5) is 16.2 Å². The van der Waals surface area contributed by atoms with Crippen LogP contribution < -0.4 is 20.9 Å². The summed E-state index contributed by atoms with van der Waals surface area (Å²) < 4.78 is 7.02. The number of anilines is 2. The molecule has 0 bridgehead atoms. The van der Waals surface area contributed by atoms with E-state index in [4.69, 9.17) is 4.74 Å². The van der Waals surface area contributed by atoms with Gasteiger partial charge in [-0.05, 0) is 58.9 Å². The highest BCUT2D eigenvalue weighted by atomic mass is 16.5. The van der Waals surface area contributed by atoms with Crippen LogP contribution in [0, 0.1) is 0 Å². The van der Waals surface area contributed by atoms with E-state index in [1.165, 1.54) is 0 Å². The topological polar surface area (TPSA) is 114 Å². The summed E-state index contributed by atoms with van der Waals surface area (Å²) in [7, 11) is 1.61. The second-order valence-corrected chi connectivity index (χ2v) is 11.6. The molecule has 3 heterocycles. The summed E-state index contributed by atoms with van der Waals surface area (Å²) in [6.45, 7) is 8.86. The number of rotatable bonds is 9. The van der Waals surface area contributed by atoms with Crippen LogP contribution in [0.15, 0.2) is 78.0 Å². The lowest BCUT2D eigenvalue weighted by atomic mass is 9.85. The summed E-state index contributed by atoms with van der Waals surface area (Å²) >= 11 is 0. The van der Waals surface area contributed by atoms with Gasteiger partial charge in [0, 0.05) is 48.2 Å². The van der Waals surface area contributed by atoms with Crippen LogP contribution in [-0.2, 0) is 18.4 Å². The van der Waals surface area contributed by atoms with Crippen LogP contribution in [0.3, 0.4) is 0 Å². The summed E-state index contributed by atoms with van der Waals surface area (Å²) in [6.07, 6.45) is 7.50. The number of unbranched alkanes of at least 4 members (excludes halogenated alkanes) is 1. The lowest BCUT2D eigenvalue weighted by molar-refractivity contribution is 0.262. The van der Waals surface area contributed by atoms with E-state index in [0.717, 1.165) is 40.7 Å². The van der Waals surface area contributed by atoms with E-state index >= 15 is 0 Å². The first kappa shape index (κ1) is 29.6. The molecular weight excluding hydrogens is 540 g/mol. The molecule has 0 aliphatic carbocycles. The molecule has 0 aliphatic heterocycles. The number of nitrogens with one attached hydrogen (secondary N) is 3. The molecule has 0 fully saturated rings. The Bertz CT molecular complexity index is 1780. The number of pyridine rings is 2. The Kier molecular flexibility index (Phi) is 8.61. The van der Waals surface area contributed by atoms with Gasteiger partial charge in [-0.1, -0.05) is 58.4 Å². The largest absolute Gasteiger partial charge is 0.497 e. The normalized spacial score (nSPS) is 11.5. The van der Waals surface area contributed by atoms with Crippen LogP contribution in [0.1, 0.15) is 57.5 Å². The number of imidazole rings is 1. The molecule has 0 spiro atoms. The fraction of sp³-hybridized carbons (Fsp3) is 0.294. The highest BCUT2D eigenvalue weighted by molar-refractivity contribution is 6.07. The van der Waals surface area contributed by atoms with Gasteiger partial charge in [-0.3, -0.25) is 9.36 Å². The van der Waals surface area contributed by atoms with Gasteiger partial charge in [-0.15, -0.1) is 0 Å². The molecule has 5 rings (SSSR count). The molecule has 2 aromatic carbocycles. The molecule has 0 unspecified atom stereocenters. The minimum absolute atomic E-state index is 0.198. The van der Waals surface area contributed by atoms with Crippen molar-refractivity contribution in [3.05, 3.63) is 100 Å². The molecule has 9 heteroatoms. The van der Waals surface area contributed by atoms with Crippen molar-refractivity contribution >= 4 is 28.4 Å². The van der Waals surface area contributed by atoms with E-state index in [1.54, 1.807) is 30.3 Å². The number of urea groups is 1. The summed E-state index contributed by atoms with van der Waals surface area (Å²) in [4.78, 5) is 39.9. The van der Waals surface area contributed by atoms with Crippen LogP contribution in [0.5, 0.6) is 5.75 Å². The molecule has 3 aromatic heterocycles. The van der Waals surface area contributed by atoms with Gasteiger partial charge in [0.15, 0.2) is 0 Å². The van der Waals surface area contributed by atoms with Gasteiger partial charge in [-0.25, -0.2) is 14.8 Å². The Labute approximate surface area is 251 Å². The Morgan fingerprint density at radius 3 is 2.49 bits per heavy atom. The number of ether oxygens (including phenoxy) is 1. The third kappa shape index (κ3) is 6.45. The van der Waals surface area contributed by atoms with Crippen molar-refractivity contribution in [2.75, 3.05) is 17.7 Å². The van der Waals surface area contributed by atoms with Crippen LogP contribution in [-0.4, -0.2) is 32.7 Å². The first-order chi connectivity index (χ1) is 20.7. The number of aromatic amines is 1. The average Bonchev–Trinajstić information content (AvgIpc) is 3.50. The maximum atomic E-state index is 14.1. The smallest absolute Gasteiger partial charge is 0.323 e. The van der Waals surface area contributed by atoms with Crippen molar-refractivity contribution in [1.82, 2.24) is 19.5 Å². The molecule has 0 aliphatic rings. The number of nitrogens with zero attached hydrogens (tertiary/aromatic N) is 3. The van der Waals surface area contributed by atoms with Gasteiger partial charge < -0.3 is 20.4 Å². The summed E-state index contributed by atoms with van der Waals surface area (Å²) in [5, 5.41) is 6.77. The summed E-state index contributed by atoms with van der Waals surface area (Å²) in [5.74, 6) is 1.53. The Morgan fingerprint density at radius 1 is 1.02 bits per heavy atom. The molecule has 9 nitrogen and oxygen atoms in total. The van der Waals surface area contributed by atoms with E-state index in [1.807, 2.05) is 48.5 Å². The Hall–Kier alpha value is -4.92. The van der Waals surface area contributed by atoms with Crippen molar-refractivity contribution in [1.29, 1.82) is 0 Å². The van der Waals surface area contributed by atoms with E-state index in [9.17, 15) is 9.59 Å². The monoisotopic (exact) mass is 578 g/mol. The summed E-state index contributed by atoms with van der Waals surface area (Å²) in [6, 6.07) is 16.8. The second kappa shape index (κ2) is 12.5. The van der Waals surface area contributed by atoms with Gasteiger partial charge in [0.25, 0.3) is 5.56 Å². The minimum Gasteiger partial charge on any atom is -0.497 e. The molecule has 2 amide bonds. The Balaban J connectivity index is 1.59. The van der Waals surface area contributed by atoms with Gasteiger partial charge in [0.2, 0.25) is 0 Å².